The minimum absolute atomic E-state index is 0.255. The number of carbonyl (C=O) groups excluding carboxylic acids is 1. The van der Waals surface area contributed by atoms with E-state index in [2.05, 4.69) is 4.98 Å². The van der Waals surface area contributed by atoms with Crippen LogP contribution in [0.25, 0.3) is 0 Å². The topological polar surface area (TPSA) is 63.0 Å². The van der Waals surface area contributed by atoms with Gasteiger partial charge in [-0.1, -0.05) is 30.3 Å². The molecule has 0 radical (unpaired) electrons. The first-order valence-electron chi connectivity index (χ1n) is 5.75. The molecule has 19 heavy (non-hydrogen) atoms. The van der Waals surface area contributed by atoms with Gasteiger partial charge in [-0.05, 0) is 11.6 Å². The second-order valence-corrected chi connectivity index (χ2v) is 3.92. The molecular weight excluding hydrogens is 240 g/mol. The van der Waals surface area contributed by atoms with E-state index in [1.54, 1.807) is 30.3 Å². The maximum atomic E-state index is 12.3. The summed E-state index contributed by atoms with van der Waals surface area (Å²) in [5.41, 5.74) is 1.10. The second-order valence-electron chi connectivity index (χ2n) is 3.92. The second kappa shape index (κ2) is 5.78. The first kappa shape index (κ1) is 12.8. The van der Waals surface area contributed by atoms with Gasteiger partial charge < -0.3 is 4.74 Å². The molecule has 1 aromatic carbocycles. The van der Waals surface area contributed by atoms with Gasteiger partial charge >= 0.3 is 0 Å². The van der Waals surface area contributed by atoms with Crippen molar-refractivity contribution in [1.29, 1.82) is 5.26 Å². The first-order chi connectivity index (χ1) is 9.26. The molecule has 1 heterocycles. The van der Waals surface area contributed by atoms with E-state index >= 15 is 0 Å². The highest BCUT2D eigenvalue weighted by Crippen LogP contribution is 2.21. The van der Waals surface area contributed by atoms with Gasteiger partial charge in [-0.15, -0.1) is 0 Å². The summed E-state index contributed by atoms with van der Waals surface area (Å²) in [4.78, 5) is 16.3. The van der Waals surface area contributed by atoms with Crippen LogP contribution in [0.5, 0.6) is 5.88 Å². The number of carbonyl (C=O) groups is 1. The zero-order valence-corrected chi connectivity index (χ0v) is 10.4. The third-order valence-corrected chi connectivity index (χ3v) is 2.75. The molecule has 0 fully saturated rings. The summed E-state index contributed by atoms with van der Waals surface area (Å²) in [6.07, 6.45) is 1.49. The van der Waals surface area contributed by atoms with Crippen molar-refractivity contribution in [3.63, 3.8) is 0 Å². The average molecular weight is 252 g/mol. The van der Waals surface area contributed by atoms with E-state index in [1.165, 1.54) is 19.4 Å². The summed E-state index contributed by atoms with van der Waals surface area (Å²) in [6.45, 7) is 0. The number of hydrogen-bond acceptors (Lipinski definition) is 4. The van der Waals surface area contributed by atoms with Gasteiger partial charge in [0.15, 0.2) is 5.78 Å². The number of benzene rings is 1. The minimum atomic E-state index is -0.812. The Morgan fingerprint density at radius 3 is 2.68 bits per heavy atom. The molecule has 0 aliphatic heterocycles. The molecule has 0 spiro atoms. The van der Waals surface area contributed by atoms with E-state index in [0.29, 0.717) is 17.0 Å². The van der Waals surface area contributed by atoms with Gasteiger partial charge in [-0.25, -0.2) is 4.98 Å². The molecule has 0 aliphatic rings. The molecule has 0 N–H and O–H groups in total. The Morgan fingerprint density at radius 2 is 2.05 bits per heavy atom. The number of pyridine rings is 1. The number of ketones is 1. The van der Waals surface area contributed by atoms with Gasteiger partial charge in [-0.2, -0.15) is 5.26 Å². The van der Waals surface area contributed by atoms with Gasteiger partial charge in [0, 0.05) is 17.8 Å². The van der Waals surface area contributed by atoms with Crippen molar-refractivity contribution in [2.75, 3.05) is 7.11 Å². The van der Waals surface area contributed by atoms with Crippen molar-refractivity contribution in [2.24, 2.45) is 0 Å². The fourth-order valence-electron chi connectivity index (χ4n) is 1.77. The van der Waals surface area contributed by atoms with Crippen LogP contribution in [0.2, 0.25) is 0 Å². The molecule has 1 unspecified atom stereocenters. The summed E-state index contributed by atoms with van der Waals surface area (Å²) in [6, 6.07) is 14.2. The van der Waals surface area contributed by atoms with Crippen molar-refractivity contribution in [3.05, 3.63) is 59.8 Å². The Labute approximate surface area is 111 Å². The van der Waals surface area contributed by atoms with Gasteiger partial charge in [0.05, 0.1) is 13.2 Å². The predicted octanol–water partition coefficient (Wildman–Crippen LogP) is 2.58. The summed E-state index contributed by atoms with van der Waals surface area (Å²) < 4.78 is 4.98. The predicted molar refractivity (Wildman–Crippen MR) is 69.9 cm³/mol. The zero-order valence-electron chi connectivity index (χ0n) is 10.4. The van der Waals surface area contributed by atoms with Gasteiger partial charge in [0.2, 0.25) is 5.88 Å². The molecule has 0 saturated carbocycles. The summed E-state index contributed by atoms with van der Waals surface area (Å²) in [7, 11) is 1.48. The van der Waals surface area contributed by atoms with E-state index in [4.69, 9.17) is 4.74 Å². The lowest BCUT2D eigenvalue weighted by atomic mass is 9.92. The standard InChI is InChI=1S/C15H12N2O2/c1-19-14-9-12(7-8-17-14)15(18)13(10-16)11-5-3-2-4-6-11/h2-9,13H,1H3. The number of ether oxygens (including phenoxy) is 1. The molecule has 0 aliphatic carbocycles. The summed E-state index contributed by atoms with van der Waals surface area (Å²) >= 11 is 0. The number of Topliss-reactive ketones (excluding diaryl/α,β-unsaturated/α-hetero) is 1. The van der Waals surface area contributed by atoms with Crippen LogP contribution in [0.4, 0.5) is 0 Å². The molecule has 1 aromatic heterocycles. The Kier molecular flexibility index (Phi) is 3.89. The van der Waals surface area contributed by atoms with Crippen molar-refractivity contribution in [1.82, 2.24) is 4.98 Å². The molecule has 2 rings (SSSR count). The van der Waals surface area contributed by atoms with Crippen LogP contribution in [0.3, 0.4) is 0 Å². The molecule has 0 saturated heterocycles. The van der Waals surface area contributed by atoms with Crippen LogP contribution in [0.15, 0.2) is 48.7 Å². The van der Waals surface area contributed by atoms with E-state index < -0.39 is 5.92 Å². The lowest BCUT2D eigenvalue weighted by Crippen LogP contribution is -2.11. The van der Waals surface area contributed by atoms with Crippen LogP contribution in [0.1, 0.15) is 21.8 Å². The van der Waals surface area contributed by atoms with E-state index in [0.717, 1.165) is 0 Å². The van der Waals surface area contributed by atoms with Crippen molar-refractivity contribution >= 4 is 5.78 Å². The van der Waals surface area contributed by atoms with Crippen LogP contribution in [0, 0.1) is 11.3 Å². The Morgan fingerprint density at radius 1 is 1.32 bits per heavy atom. The molecule has 94 valence electrons. The highest BCUT2D eigenvalue weighted by atomic mass is 16.5. The quantitative estimate of drug-likeness (QED) is 0.784. The molecule has 1 atom stereocenters. The molecule has 4 nitrogen and oxygen atoms in total. The largest absolute Gasteiger partial charge is 0.481 e. The SMILES string of the molecule is COc1cc(C(=O)C(C#N)c2ccccc2)ccn1. The molecular formula is C15H12N2O2. The maximum Gasteiger partial charge on any atom is 0.213 e. The van der Waals surface area contributed by atoms with E-state index in [9.17, 15) is 10.1 Å². The van der Waals surface area contributed by atoms with Crippen LogP contribution in [-0.2, 0) is 0 Å². The summed E-state index contributed by atoms with van der Waals surface area (Å²) in [5, 5.41) is 9.22. The highest BCUT2D eigenvalue weighted by molar-refractivity contribution is 6.02. The number of rotatable bonds is 4. The van der Waals surface area contributed by atoms with Crippen LogP contribution >= 0.6 is 0 Å². The molecule has 4 heteroatoms. The van der Waals surface area contributed by atoms with E-state index in [-0.39, 0.29) is 5.78 Å². The van der Waals surface area contributed by atoms with Crippen molar-refractivity contribution < 1.29 is 9.53 Å². The maximum absolute atomic E-state index is 12.3. The zero-order chi connectivity index (χ0) is 13.7. The number of methoxy groups -OCH3 is 1. The number of nitriles is 1. The van der Waals surface area contributed by atoms with Gasteiger partial charge in [-0.3, -0.25) is 4.79 Å². The van der Waals surface area contributed by atoms with Crippen LogP contribution < -0.4 is 4.74 Å². The van der Waals surface area contributed by atoms with Gasteiger partial charge in [0.25, 0.3) is 0 Å². The lowest BCUT2D eigenvalue weighted by Gasteiger charge is -2.09. The number of aromatic nitrogens is 1. The average Bonchev–Trinajstić information content (AvgIpc) is 2.49. The third-order valence-electron chi connectivity index (χ3n) is 2.75. The Bertz CT molecular complexity index is 618. The molecule has 0 amide bonds. The summed E-state index contributed by atoms with van der Waals surface area (Å²) in [5.74, 6) is -0.710. The fourth-order valence-corrected chi connectivity index (χ4v) is 1.77. The molecule has 0 bridgehead atoms. The van der Waals surface area contributed by atoms with Crippen LogP contribution in [-0.4, -0.2) is 17.9 Å². The normalized spacial score (nSPS) is 11.4. The number of nitrogens with zero attached hydrogens (tertiary/aromatic N) is 2. The highest BCUT2D eigenvalue weighted by Gasteiger charge is 2.21. The smallest absolute Gasteiger partial charge is 0.213 e. The molecule has 2 aromatic rings. The Hall–Kier alpha value is -2.67. The van der Waals surface area contributed by atoms with Crippen molar-refractivity contribution in [2.45, 2.75) is 5.92 Å². The first-order valence-corrected chi connectivity index (χ1v) is 5.75. The number of hydrogen-bond donors (Lipinski definition) is 0. The third kappa shape index (κ3) is 2.78. The minimum Gasteiger partial charge on any atom is -0.481 e. The van der Waals surface area contributed by atoms with Gasteiger partial charge in [0.1, 0.15) is 5.92 Å². The van der Waals surface area contributed by atoms with E-state index in [1.807, 2.05) is 12.1 Å². The van der Waals surface area contributed by atoms with Crippen molar-refractivity contribution in [3.8, 4) is 11.9 Å². The fraction of sp³-hybridized carbons (Fsp3) is 0.133. The lowest BCUT2D eigenvalue weighted by molar-refractivity contribution is 0.0978. The Balaban J connectivity index is 2.34. The monoisotopic (exact) mass is 252 g/mol.